The topological polar surface area (TPSA) is 55.1 Å². The van der Waals surface area contributed by atoms with Crippen LogP contribution >= 0.6 is 0 Å². The molecule has 0 saturated carbocycles. The molecule has 0 atom stereocenters. The number of fused-ring (bicyclic) bond motifs is 1. The van der Waals surface area contributed by atoms with Crippen molar-refractivity contribution in [2.75, 3.05) is 0 Å². The number of pyridine rings is 1. The van der Waals surface area contributed by atoms with Gasteiger partial charge in [0.15, 0.2) is 0 Å². The summed E-state index contributed by atoms with van der Waals surface area (Å²) in [6.45, 7) is 2.06. The number of carbonyl (C=O) groups is 1. The summed E-state index contributed by atoms with van der Waals surface area (Å²) < 4.78 is 2.07. The van der Waals surface area contributed by atoms with Gasteiger partial charge in [-0.3, -0.25) is 4.98 Å². The maximum absolute atomic E-state index is 10.8. The third-order valence-electron chi connectivity index (χ3n) is 3.47. The van der Waals surface area contributed by atoms with Gasteiger partial charge < -0.3 is 9.67 Å². The van der Waals surface area contributed by atoms with Crippen LogP contribution in [-0.4, -0.2) is 20.6 Å². The van der Waals surface area contributed by atoms with Crippen LogP contribution in [0, 0.1) is 6.92 Å². The summed E-state index contributed by atoms with van der Waals surface area (Å²) in [5, 5.41) is 10.1. The second kappa shape index (κ2) is 4.49. The molecule has 0 saturated heterocycles. The Morgan fingerprint density at radius 2 is 2.00 bits per heavy atom. The SMILES string of the molecule is Cc1ccc2c(c1)cc(-c1ccc(C(=O)O)cn1)n2C. The Morgan fingerprint density at radius 1 is 1.20 bits per heavy atom. The second-order valence-corrected chi connectivity index (χ2v) is 4.89. The molecule has 0 aliphatic heterocycles. The lowest BCUT2D eigenvalue weighted by molar-refractivity contribution is 0.0696. The standard InChI is InChI=1S/C16H14N2O2/c1-10-3-6-14-12(7-10)8-15(18(14)2)13-5-4-11(9-17-13)16(19)20/h3-9H,1-2H3,(H,19,20). The number of hydrogen-bond acceptors (Lipinski definition) is 2. The maximum Gasteiger partial charge on any atom is 0.337 e. The Bertz CT molecular complexity index is 801. The third-order valence-corrected chi connectivity index (χ3v) is 3.47. The molecule has 1 aromatic carbocycles. The minimum atomic E-state index is -0.961. The van der Waals surface area contributed by atoms with Crippen LogP contribution in [0.4, 0.5) is 0 Å². The zero-order valence-corrected chi connectivity index (χ0v) is 11.3. The van der Waals surface area contributed by atoms with Crippen LogP contribution in [-0.2, 0) is 7.05 Å². The fourth-order valence-corrected chi connectivity index (χ4v) is 2.39. The van der Waals surface area contributed by atoms with Gasteiger partial charge in [-0.2, -0.15) is 0 Å². The van der Waals surface area contributed by atoms with E-state index in [0.717, 1.165) is 22.3 Å². The summed E-state index contributed by atoms with van der Waals surface area (Å²) in [5.74, 6) is -0.961. The van der Waals surface area contributed by atoms with Gasteiger partial charge in [-0.1, -0.05) is 11.6 Å². The molecular weight excluding hydrogens is 252 g/mol. The smallest absolute Gasteiger partial charge is 0.337 e. The van der Waals surface area contributed by atoms with Crippen molar-refractivity contribution in [2.45, 2.75) is 6.92 Å². The van der Waals surface area contributed by atoms with Crippen molar-refractivity contribution >= 4 is 16.9 Å². The molecule has 3 aromatic rings. The minimum absolute atomic E-state index is 0.198. The normalized spacial score (nSPS) is 10.9. The quantitative estimate of drug-likeness (QED) is 0.774. The first kappa shape index (κ1) is 12.4. The molecule has 4 heteroatoms. The number of rotatable bonds is 2. The van der Waals surface area contributed by atoms with E-state index >= 15 is 0 Å². The van der Waals surface area contributed by atoms with Gasteiger partial charge >= 0.3 is 5.97 Å². The highest BCUT2D eigenvalue weighted by Crippen LogP contribution is 2.26. The number of carboxylic acids is 1. The predicted molar refractivity (Wildman–Crippen MR) is 77.8 cm³/mol. The molecule has 4 nitrogen and oxygen atoms in total. The Labute approximate surface area is 116 Å². The van der Waals surface area contributed by atoms with Crippen LogP contribution in [0.2, 0.25) is 0 Å². The van der Waals surface area contributed by atoms with E-state index in [0.29, 0.717) is 0 Å². The van der Waals surface area contributed by atoms with Gasteiger partial charge in [0, 0.05) is 24.1 Å². The van der Waals surface area contributed by atoms with Crippen molar-refractivity contribution < 1.29 is 9.90 Å². The molecule has 0 bridgehead atoms. The van der Waals surface area contributed by atoms with Crippen LogP contribution < -0.4 is 0 Å². The zero-order chi connectivity index (χ0) is 14.3. The van der Waals surface area contributed by atoms with Crippen LogP contribution in [0.5, 0.6) is 0 Å². The van der Waals surface area contributed by atoms with E-state index in [1.54, 1.807) is 12.1 Å². The fourth-order valence-electron chi connectivity index (χ4n) is 2.39. The summed E-state index contributed by atoms with van der Waals surface area (Å²) in [6, 6.07) is 11.7. The third kappa shape index (κ3) is 1.95. The molecule has 2 aromatic heterocycles. The number of nitrogens with zero attached hydrogens (tertiary/aromatic N) is 2. The van der Waals surface area contributed by atoms with E-state index in [1.165, 1.54) is 11.8 Å². The van der Waals surface area contributed by atoms with Gasteiger partial charge in [0.1, 0.15) is 0 Å². The van der Waals surface area contributed by atoms with E-state index < -0.39 is 5.97 Å². The molecule has 0 spiro atoms. The number of aromatic nitrogens is 2. The molecule has 1 N–H and O–H groups in total. The Morgan fingerprint density at radius 3 is 2.65 bits per heavy atom. The summed E-state index contributed by atoms with van der Waals surface area (Å²) in [6.07, 6.45) is 1.39. The minimum Gasteiger partial charge on any atom is -0.478 e. The predicted octanol–water partition coefficient (Wildman–Crippen LogP) is 3.25. The number of aryl methyl sites for hydroxylation is 2. The van der Waals surface area contributed by atoms with Crippen molar-refractivity contribution in [1.29, 1.82) is 0 Å². The van der Waals surface area contributed by atoms with Crippen LogP contribution in [0.1, 0.15) is 15.9 Å². The highest BCUT2D eigenvalue weighted by atomic mass is 16.4. The number of hydrogen-bond donors (Lipinski definition) is 1. The van der Waals surface area contributed by atoms with Crippen molar-refractivity contribution in [1.82, 2.24) is 9.55 Å². The van der Waals surface area contributed by atoms with E-state index in [2.05, 4.69) is 40.7 Å². The molecule has 3 rings (SSSR count). The van der Waals surface area contributed by atoms with Crippen molar-refractivity contribution in [3.63, 3.8) is 0 Å². The molecule has 0 aliphatic carbocycles. The van der Waals surface area contributed by atoms with Crippen LogP contribution in [0.3, 0.4) is 0 Å². The summed E-state index contributed by atoms with van der Waals surface area (Å²) in [4.78, 5) is 15.1. The van der Waals surface area contributed by atoms with Gasteiger partial charge in [0.25, 0.3) is 0 Å². The number of aromatic carboxylic acids is 1. The Balaban J connectivity index is 2.14. The molecular formula is C16H14N2O2. The van der Waals surface area contributed by atoms with E-state index in [9.17, 15) is 4.79 Å². The average molecular weight is 266 g/mol. The molecule has 0 aliphatic rings. The van der Waals surface area contributed by atoms with Crippen molar-refractivity contribution in [2.24, 2.45) is 7.05 Å². The lowest BCUT2D eigenvalue weighted by Crippen LogP contribution is -1.98. The largest absolute Gasteiger partial charge is 0.478 e. The summed E-state index contributed by atoms with van der Waals surface area (Å²) >= 11 is 0. The van der Waals surface area contributed by atoms with Crippen LogP contribution in [0.25, 0.3) is 22.3 Å². The zero-order valence-electron chi connectivity index (χ0n) is 11.3. The van der Waals surface area contributed by atoms with Gasteiger partial charge in [-0.25, -0.2) is 4.79 Å². The van der Waals surface area contributed by atoms with E-state index in [-0.39, 0.29) is 5.56 Å². The molecule has 0 radical (unpaired) electrons. The lowest BCUT2D eigenvalue weighted by Gasteiger charge is -2.04. The van der Waals surface area contributed by atoms with E-state index in [1.807, 2.05) is 7.05 Å². The molecule has 100 valence electrons. The molecule has 0 unspecified atom stereocenters. The Hall–Kier alpha value is -2.62. The number of carboxylic acid groups (broad SMARTS) is 1. The molecule has 0 amide bonds. The van der Waals surface area contributed by atoms with Crippen molar-refractivity contribution in [3.05, 3.63) is 53.7 Å². The molecule has 20 heavy (non-hydrogen) atoms. The van der Waals surface area contributed by atoms with Crippen molar-refractivity contribution in [3.8, 4) is 11.4 Å². The second-order valence-electron chi connectivity index (χ2n) is 4.89. The van der Waals surface area contributed by atoms with Gasteiger partial charge in [-0.15, -0.1) is 0 Å². The van der Waals surface area contributed by atoms with Gasteiger partial charge in [-0.05, 0) is 37.3 Å². The molecule has 2 heterocycles. The van der Waals surface area contributed by atoms with Crippen LogP contribution in [0.15, 0.2) is 42.6 Å². The Kier molecular flexibility index (Phi) is 2.79. The maximum atomic E-state index is 10.8. The lowest BCUT2D eigenvalue weighted by atomic mass is 10.1. The van der Waals surface area contributed by atoms with Gasteiger partial charge in [0.05, 0.1) is 17.0 Å². The highest BCUT2D eigenvalue weighted by molar-refractivity contribution is 5.89. The fraction of sp³-hybridized carbons (Fsp3) is 0.125. The average Bonchev–Trinajstić information content (AvgIpc) is 2.75. The molecule has 0 fully saturated rings. The monoisotopic (exact) mass is 266 g/mol. The summed E-state index contributed by atoms with van der Waals surface area (Å²) in [7, 11) is 1.99. The summed E-state index contributed by atoms with van der Waals surface area (Å²) in [5.41, 5.74) is 4.29. The number of benzene rings is 1. The van der Waals surface area contributed by atoms with E-state index in [4.69, 9.17) is 5.11 Å². The first-order valence-corrected chi connectivity index (χ1v) is 6.32. The van der Waals surface area contributed by atoms with Gasteiger partial charge in [0.2, 0.25) is 0 Å². The first-order valence-electron chi connectivity index (χ1n) is 6.32. The highest BCUT2D eigenvalue weighted by Gasteiger charge is 2.10. The first-order chi connectivity index (χ1) is 9.56.